The summed E-state index contributed by atoms with van der Waals surface area (Å²) in [6.07, 6.45) is 0. The second-order valence-electron chi connectivity index (χ2n) is 4.96. The molecule has 0 saturated carbocycles. The molecule has 0 heterocycles. The van der Waals surface area contributed by atoms with Crippen molar-refractivity contribution >= 4 is 43.3 Å². The van der Waals surface area contributed by atoms with Crippen LogP contribution in [0.1, 0.15) is 31.1 Å². The second-order valence-corrected chi connectivity index (χ2v) is 8.64. The Bertz CT molecular complexity index is 684. The summed E-state index contributed by atoms with van der Waals surface area (Å²) < 4.78 is 29.0. The van der Waals surface area contributed by atoms with Crippen LogP contribution in [-0.2, 0) is 19.4 Å². The molecule has 0 fully saturated rings. The molecule has 0 saturated heterocycles. The van der Waals surface area contributed by atoms with Gasteiger partial charge in [-0.05, 0) is 54.9 Å². The number of amides is 1. The van der Waals surface area contributed by atoms with Crippen LogP contribution in [0, 0.1) is 0 Å². The quantitative estimate of drug-likeness (QED) is 0.778. The maximum atomic E-state index is 12.1. The average Bonchev–Trinajstić information content (AvgIpc) is 2.47. The molecular formula is C14H18BrNO5S. The number of carbonyl (C=O) groups excluding carboxylic acids is 2. The van der Waals surface area contributed by atoms with E-state index < -0.39 is 32.2 Å². The molecule has 1 amide bonds. The van der Waals surface area contributed by atoms with Crippen LogP contribution in [0.25, 0.3) is 0 Å². The van der Waals surface area contributed by atoms with Crippen LogP contribution in [-0.4, -0.2) is 37.9 Å². The highest BCUT2D eigenvalue weighted by atomic mass is 79.9. The molecule has 0 aromatic heterocycles. The van der Waals surface area contributed by atoms with E-state index in [9.17, 15) is 18.0 Å². The number of benzene rings is 1. The van der Waals surface area contributed by atoms with Crippen LogP contribution < -0.4 is 5.32 Å². The molecule has 122 valence electrons. The van der Waals surface area contributed by atoms with E-state index in [2.05, 4.69) is 26.0 Å². The fourth-order valence-electron chi connectivity index (χ4n) is 1.65. The van der Waals surface area contributed by atoms with E-state index in [1.54, 1.807) is 0 Å². The lowest BCUT2D eigenvalue weighted by atomic mass is 10.2. The molecule has 0 aliphatic carbocycles. The van der Waals surface area contributed by atoms with Crippen molar-refractivity contribution in [1.82, 2.24) is 0 Å². The number of hydrogen-bond donors (Lipinski definition) is 1. The van der Waals surface area contributed by atoms with Crippen LogP contribution in [0.15, 0.2) is 22.7 Å². The van der Waals surface area contributed by atoms with E-state index in [1.807, 2.05) is 0 Å². The largest absolute Gasteiger partial charge is 0.465 e. The molecule has 6 nitrogen and oxygen atoms in total. The van der Waals surface area contributed by atoms with Crippen LogP contribution in [0.4, 0.5) is 5.69 Å². The minimum atomic E-state index is -3.54. The van der Waals surface area contributed by atoms with E-state index in [4.69, 9.17) is 0 Å². The van der Waals surface area contributed by atoms with Gasteiger partial charge in [0.2, 0.25) is 5.91 Å². The van der Waals surface area contributed by atoms with Crippen LogP contribution in [0.2, 0.25) is 0 Å². The molecule has 1 N–H and O–H groups in total. The first kappa shape index (κ1) is 18.6. The molecule has 8 heteroatoms. The fraction of sp³-hybridized carbons (Fsp3) is 0.429. The number of sulfone groups is 1. The second kappa shape index (κ2) is 7.23. The third kappa shape index (κ3) is 4.07. The van der Waals surface area contributed by atoms with Gasteiger partial charge >= 0.3 is 5.97 Å². The smallest absolute Gasteiger partial charge is 0.337 e. The van der Waals surface area contributed by atoms with Gasteiger partial charge < -0.3 is 10.1 Å². The topological polar surface area (TPSA) is 89.5 Å². The van der Waals surface area contributed by atoms with Gasteiger partial charge in [0, 0.05) is 4.47 Å². The number of carbonyl (C=O) groups is 2. The standard InChI is InChI=1S/C14H18BrNO5S/c1-8(2)22(19,20)9(3)13(17)16-12-6-5-10(7-11(12)15)14(18)21-4/h5-9H,1-4H3,(H,16,17)/t9-/m1/s1. The molecular weight excluding hydrogens is 374 g/mol. The Morgan fingerprint density at radius 2 is 1.82 bits per heavy atom. The minimum absolute atomic E-state index is 0.315. The summed E-state index contributed by atoms with van der Waals surface area (Å²) in [4.78, 5) is 23.5. The first-order valence-electron chi connectivity index (χ1n) is 6.52. The van der Waals surface area contributed by atoms with Gasteiger partial charge in [-0.25, -0.2) is 13.2 Å². The Morgan fingerprint density at radius 3 is 2.27 bits per heavy atom. The van der Waals surface area contributed by atoms with Crippen molar-refractivity contribution in [1.29, 1.82) is 0 Å². The minimum Gasteiger partial charge on any atom is -0.465 e. The highest BCUT2D eigenvalue weighted by Crippen LogP contribution is 2.25. The summed E-state index contributed by atoms with van der Waals surface area (Å²) in [5.74, 6) is -1.13. The Kier molecular flexibility index (Phi) is 6.13. The van der Waals surface area contributed by atoms with Crippen molar-refractivity contribution in [2.75, 3.05) is 12.4 Å². The van der Waals surface area contributed by atoms with Gasteiger partial charge in [0.25, 0.3) is 0 Å². The zero-order valence-corrected chi connectivity index (χ0v) is 15.1. The van der Waals surface area contributed by atoms with E-state index in [0.717, 1.165) is 0 Å². The molecule has 0 spiro atoms. The molecule has 1 aromatic rings. The lowest BCUT2D eigenvalue weighted by Crippen LogP contribution is -2.36. The number of ether oxygens (including phenoxy) is 1. The number of rotatable bonds is 5. The van der Waals surface area contributed by atoms with E-state index in [-0.39, 0.29) is 0 Å². The number of methoxy groups -OCH3 is 1. The summed E-state index contributed by atoms with van der Waals surface area (Å²) in [7, 11) is -2.27. The number of halogens is 1. The van der Waals surface area contributed by atoms with E-state index in [0.29, 0.717) is 15.7 Å². The van der Waals surface area contributed by atoms with Gasteiger partial charge in [0.15, 0.2) is 9.84 Å². The van der Waals surface area contributed by atoms with Gasteiger partial charge in [-0.2, -0.15) is 0 Å². The molecule has 0 bridgehead atoms. The number of anilines is 1. The predicted octanol–water partition coefficient (Wildman–Crippen LogP) is 2.39. The van der Waals surface area contributed by atoms with Crippen molar-refractivity contribution in [3.8, 4) is 0 Å². The van der Waals surface area contributed by atoms with Gasteiger partial charge in [-0.3, -0.25) is 4.79 Å². The molecule has 1 aromatic carbocycles. The van der Waals surface area contributed by atoms with E-state index in [1.165, 1.54) is 46.1 Å². The zero-order valence-electron chi connectivity index (χ0n) is 12.7. The van der Waals surface area contributed by atoms with Crippen molar-refractivity contribution in [2.24, 2.45) is 0 Å². The molecule has 0 aliphatic heterocycles. The number of nitrogens with one attached hydrogen (secondary N) is 1. The van der Waals surface area contributed by atoms with Crippen LogP contribution in [0.3, 0.4) is 0 Å². The van der Waals surface area contributed by atoms with Gasteiger partial charge in [-0.1, -0.05) is 0 Å². The number of hydrogen-bond acceptors (Lipinski definition) is 5. The first-order valence-corrected chi connectivity index (χ1v) is 8.93. The zero-order chi connectivity index (χ0) is 17.1. The van der Waals surface area contributed by atoms with Gasteiger partial charge in [-0.15, -0.1) is 0 Å². The normalized spacial score (nSPS) is 12.8. The van der Waals surface area contributed by atoms with Crippen molar-refractivity contribution in [2.45, 2.75) is 31.3 Å². The lowest BCUT2D eigenvalue weighted by Gasteiger charge is -2.16. The molecule has 0 aliphatic rings. The SMILES string of the molecule is COC(=O)c1ccc(NC(=O)[C@@H](C)S(=O)(=O)C(C)C)c(Br)c1. The highest BCUT2D eigenvalue weighted by molar-refractivity contribution is 9.10. The third-order valence-corrected chi connectivity index (χ3v) is 6.34. The predicted molar refractivity (Wildman–Crippen MR) is 87.6 cm³/mol. The molecule has 0 radical (unpaired) electrons. The van der Waals surface area contributed by atoms with Crippen LogP contribution in [0.5, 0.6) is 0 Å². The lowest BCUT2D eigenvalue weighted by molar-refractivity contribution is -0.115. The van der Waals surface area contributed by atoms with Crippen molar-refractivity contribution < 1.29 is 22.7 Å². The molecule has 1 rings (SSSR count). The Labute approximate surface area is 138 Å². The Balaban J connectivity index is 2.96. The summed E-state index contributed by atoms with van der Waals surface area (Å²) in [5.41, 5.74) is 0.693. The molecule has 0 unspecified atom stereocenters. The van der Waals surface area contributed by atoms with Gasteiger partial charge in [0.1, 0.15) is 5.25 Å². The Morgan fingerprint density at radius 1 is 1.23 bits per heavy atom. The Hall–Kier alpha value is -1.41. The average molecular weight is 392 g/mol. The van der Waals surface area contributed by atoms with Crippen molar-refractivity contribution in [3.05, 3.63) is 28.2 Å². The maximum absolute atomic E-state index is 12.1. The molecule has 22 heavy (non-hydrogen) atoms. The first-order chi connectivity index (χ1) is 10.1. The monoisotopic (exact) mass is 391 g/mol. The van der Waals surface area contributed by atoms with E-state index >= 15 is 0 Å². The summed E-state index contributed by atoms with van der Waals surface area (Å²) in [5, 5.41) is 0.731. The third-order valence-electron chi connectivity index (χ3n) is 3.17. The number of esters is 1. The highest BCUT2D eigenvalue weighted by Gasteiger charge is 2.31. The molecule has 1 atom stereocenters. The maximum Gasteiger partial charge on any atom is 0.337 e. The van der Waals surface area contributed by atoms with Crippen LogP contribution >= 0.6 is 15.9 Å². The van der Waals surface area contributed by atoms with Gasteiger partial charge in [0.05, 0.1) is 23.6 Å². The summed E-state index contributed by atoms with van der Waals surface area (Å²) >= 11 is 3.23. The fourth-order valence-corrected chi connectivity index (χ4v) is 3.30. The van der Waals surface area contributed by atoms with Crippen molar-refractivity contribution in [3.63, 3.8) is 0 Å². The summed E-state index contributed by atoms with van der Waals surface area (Å²) in [6.45, 7) is 4.40. The summed E-state index contributed by atoms with van der Waals surface area (Å²) in [6, 6.07) is 4.47.